The molecule has 0 aromatic heterocycles. The number of hydrogen-bond acceptors (Lipinski definition) is 4. The number of halogens is 3. The van der Waals surface area contributed by atoms with E-state index in [1.165, 1.54) is 0 Å². The Morgan fingerprint density at radius 2 is 1.95 bits per heavy atom. The van der Waals surface area contributed by atoms with Crippen LogP contribution in [0.5, 0.6) is 0 Å². The minimum absolute atomic E-state index is 0.00109. The number of urea groups is 1. The van der Waals surface area contributed by atoms with E-state index < -0.39 is 50.1 Å². The zero-order valence-corrected chi connectivity index (χ0v) is 11.4. The molecule has 0 atom stereocenters. The Morgan fingerprint density at radius 3 is 2.38 bits per heavy atom. The number of nitrogens with zero attached hydrogens (tertiary/aromatic N) is 2. The maximum Gasteiger partial charge on any atom is 0.406 e. The summed E-state index contributed by atoms with van der Waals surface area (Å²) in [5.41, 5.74) is -0.878. The van der Waals surface area contributed by atoms with Crippen molar-refractivity contribution in [2.75, 3.05) is 39.4 Å². The molecular weight excluding hydrogens is 297 g/mol. The average Bonchev–Trinajstić information content (AvgIpc) is 2.30. The second-order valence-corrected chi connectivity index (χ2v) is 5.03. The Hall–Kier alpha value is -1.55. The van der Waals surface area contributed by atoms with Gasteiger partial charge >= 0.3 is 18.2 Å². The van der Waals surface area contributed by atoms with Gasteiger partial charge in [-0.15, -0.1) is 0 Å². The highest BCUT2D eigenvalue weighted by Gasteiger charge is 2.45. The quantitative estimate of drug-likeness (QED) is 0.728. The van der Waals surface area contributed by atoms with E-state index in [-0.39, 0.29) is 13.1 Å². The van der Waals surface area contributed by atoms with E-state index in [0.717, 1.165) is 4.90 Å². The van der Waals surface area contributed by atoms with Gasteiger partial charge < -0.3 is 24.7 Å². The molecule has 0 aliphatic carbocycles. The largest absolute Gasteiger partial charge is 0.480 e. The number of aliphatic carboxylic acids is 1. The van der Waals surface area contributed by atoms with Crippen molar-refractivity contribution in [1.82, 2.24) is 9.80 Å². The fourth-order valence-electron chi connectivity index (χ4n) is 2.00. The summed E-state index contributed by atoms with van der Waals surface area (Å²) >= 11 is 0. The normalized spacial score (nSPS) is 17.3. The summed E-state index contributed by atoms with van der Waals surface area (Å²) in [7, 11) is 0. The topological polar surface area (TPSA) is 90.3 Å². The first kappa shape index (κ1) is 17.5. The maximum atomic E-state index is 12.4. The molecule has 10 heteroatoms. The van der Waals surface area contributed by atoms with Crippen LogP contribution in [0, 0.1) is 0 Å². The molecule has 0 aromatic carbocycles. The molecule has 0 saturated carbocycles. The van der Waals surface area contributed by atoms with Gasteiger partial charge in [0.2, 0.25) is 0 Å². The van der Waals surface area contributed by atoms with Crippen molar-refractivity contribution in [3.05, 3.63) is 0 Å². The molecule has 1 aliphatic heterocycles. The van der Waals surface area contributed by atoms with Crippen LogP contribution in [-0.2, 0) is 9.53 Å². The first-order chi connectivity index (χ1) is 9.56. The minimum atomic E-state index is -4.56. The number of rotatable bonds is 6. The Bertz CT molecular complexity index is 396. The van der Waals surface area contributed by atoms with Gasteiger partial charge in [-0.2, -0.15) is 13.2 Å². The molecule has 0 radical (unpaired) electrons. The van der Waals surface area contributed by atoms with Crippen molar-refractivity contribution in [3.63, 3.8) is 0 Å². The second-order valence-electron chi connectivity index (χ2n) is 5.03. The van der Waals surface area contributed by atoms with Crippen LogP contribution >= 0.6 is 0 Å². The second kappa shape index (κ2) is 6.48. The number of amides is 2. The molecule has 1 heterocycles. The number of likely N-dealkylation sites (tertiary alicyclic amines) is 1. The van der Waals surface area contributed by atoms with E-state index in [4.69, 9.17) is 14.9 Å². The number of carbonyl (C=O) groups is 2. The lowest BCUT2D eigenvalue weighted by molar-refractivity contribution is -0.163. The fourth-order valence-corrected chi connectivity index (χ4v) is 2.00. The van der Waals surface area contributed by atoms with Gasteiger partial charge in [0, 0.05) is 6.54 Å². The molecular formula is C11H17F3N2O5. The third-order valence-corrected chi connectivity index (χ3v) is 2.88. The number of hydrogen-bond donors (Lipinski definition) is 2. The van der Waals surface area contributed by atoms with Crippen molar-refractivity contribution in [3.8, 4) is 0 Å². The lowest BCUT2D eigenvalue weighted by atomic mass is 9.97. The Kier molecular flexibility index (Phi) is 5.40. The Balaban J connectivity index is 2.53. The van der Waals surface area contributed by atoms with Crippen LogP contribution < -0.4 is 0 Å². The molecule has 122 valence electrons. The summed E-state index contributed by atoms with van der Waals surface area (Å²) in [6.07, 6.45) is -4.56. The molecule has 7 nitrogen and oxygen atoms in total. The highest BCUT2D eigenvalue weighted by atomic mass is 19.4. The molecule has 0 unspecified atom stereocenters. The Morgan fingerprint density at radius 1 is 1.38 bits per heavy atom. The molecule has 0 bridgehead atoms. The zero-order valence-electron chi connectivity index (χ0n) is 11.4. The predicted octanol–water partition coefficient (Wildman–Crippen LogP) is 0.138. The SMILES string of the molecule is CC1(OCC(=O)O)CN(C(=O)N(CCO)CC(F)(F)F)C1. The minimum Gasteiger partial charge on any atom is -0.480 e. The molecule has 2 N–H and O–H groups in total. The van der Waals surface area contributed by atoms with Crippen molar-refractivity contribution in [1.29, 1.82) is 0 Å². The summed E-state index contributed by atoms with van der Waals surface area (Å²) < 4.78 is 42.1. The number of alkyl halides is 3. The van der Waals surface area contributed by atoms with Crippen molar-refractivity contribution >= 4 is 12.0 Å². The van der Waals surface area contributed by atoms with E-state index in [1.54, 1.807) is 6.92 Å². The van der Waals surface area contributed by atoms with Crippen LogP contribution in [0.3, 0.4) is 0 Å². The van der Waals surface area contributed by atoms with Crippen LogP contribution in [0.15, 0.2) is 0 Å². The van der Waals surface area contributed by atoms with Gasteiger partial charge in [0.1, 0.15) is 18.8 Å². The van der Waals surface area contributed by atoms with Gasteiger partial charge in [0.05, 0.1) is 19.7 Å². The molecule has 1 saturated heterocycles. The van der Waals surface area contributed by atoms with Crippen LogP contribution in [0.25, 0.3) is 0 Å². The third kappa shape index (κ3) is 5.38. The van der Waals surface area contributed by atoms with Crippen LogP contribution in [0.2, 0.25) is 0 Å². The molecule has 1 aliphatic rings. The molecule has 0 spiro atoms. The molecule has 1 rings (SSSR count). The number of aliphatic hydroxyl groups excluding tert-OH is 1. The number of aliphatic hydroxyl groups is 1. The number of ether oxygens (including phenoxy) is 1. The van der Waals surface area contributed by atoms with Gasteiger partial charge in [0.25, 0.3) is 0 Å². The standard InChI is InChI=1S/C11H17F3N2O5/c1-10(21-4-8(18)19)5-16(6-10)9(20)15(2-3-17)7-11(12,13)14/h17H,2-7H2,1H3,(H,18,19). The smallest absolute Gasteiger partial charge is 0.406 e. The Labute approximate surface area is 118 Å². The third-order valence-electron chi connectivity index (χ3n) is 2.88. The van der Waals surface area contributed by atoms with Crippen LogP contribution in [0.4, 0.5) is 18.0 Å². The highest BCUT2D eigenvalue weighted by molar-refractivity contribution is 5.76. The first-order valence-electron chi connectivity index (χ1n) is 6.13. The van der Waals surface area contributed by atoms with Gasteiger partial charge in [0.15, 0.2) is 0 Å². The van der Waals surface area contributed by atoms with Crippen molar-refractivity contribution in [2.45, 2.75) is 18.7 Å². The summed E-state index contributed by atoms with van der Waals surface area (Å²) in [6, 6.07) is -0.863. The molecule has 1 fully saturated rings. The lowest BCUT2D eigenvalue weighted by Gasteiger charge is -2.48. The predicted molar refractivity (Wildman–Crippen MR) is 63.7 cm³/mol. The van der Waals surface area contributed by atoms with Gasteiger partial charge in [-0.05, 0) is 6.92 Å². The zero-order chi connectivity index (χ0) is 16.3. The lowest BCUT2D eigenvalue weighted by Crippen LogP contribution is -2.66. The van der Waals surface area contributed by atoms with E-state index in [1.807, 2.05) is 0 Å². The fraction of sp³-hybridized carbons (Fsp3) is 0.818. The molecule has 2 amide bonds. The number of carboxylic acids is 1. The van der Waals surface area contributed by atoms with Crippen LogP contribution in [-0.4, -0.2) is 83.2 Å². The monoisotopic (exact) mass is 314 g/mol. The van der Waals surface area contributed by atoms with Crippen molar-refractivity contribution in [2.24, 2.45) is 0 Å². The summed E-state index contributed by atoms with van der Waals surface area (Å²) in [6.45, 7) is -1.43. The van der Waals surface area contributed by atoms with E-state index in [2.05, 4.69) is 0 Å². The van der Waals surface area contributed by atoms with Crippen LogP contribution in [0.1, 0.15) is 6.92 Å². The molecule has 0 aromatic rings. The van der Waals surface area contributed by atoms with Crippen molar-refractivity contribution < 1.29 is 37.7 Å². The van der Waals surface area contributed by atoms with E-state index in [9.17, 15) is 22.8 Å². The molecule has 21 heavy (non-hydrogen) atoms. The van der Waals surface area contributed by atoms with E-state index >= 15 is 0 Å². The van der Waals surface area contributed by atoms with Gasteiger partial charge in [-0.3, -0.25) is 0 Å². The summed E-state index contributed by atoms with van der Waals surface area (Å²) in [4.78, 5) is 23.9. The number of carboxylic acid groups (broad SMARTS) is 1. The number of carbonyl (C=O) groups excluding carboxylic acids is 1. The first-order valence-corrected chi connectivity index (χ1v) is 6.13. The summed E-state index contributed by atoms with van der Waals surface area (Å²) in [5.74, 6) is -1.17. The average molecular weight is 314 g/mol. The maximum absolute atomic E-state index is 12.4. The van der Waals surface area contributed by atoms with Gasteiger partial charge in [-0.25, -0.2) is 9.59 Å². The summed E-state index contributed by atoms with van der Waals surface area (Å²) in [5, 5.41) is 17.2. The highest BCUT2D eigenvalue weighted by Crippen LogP contribution is 2.26. The van der Waals surface area contributed by atoms with Gasteiger partial charge in [-0.1, -0.05) is 0 Å². The van der Waals surface area contributed by atoms with E-state index in [0.29, 0.717) is 4.90 Å².